The van der Waals surface area contributed by atoms with Gasteiger partial charge >= 0.3 is 0 Å². The lowest BCUT2D eigenvalue weighted by atomic mass is 10.1. The summed E-state index contributed by atoms with van der Waals surface area (Å²) < 4.78 is 19.6. The number of benzene rings is 2. The standard InChI is InChI=1S/C19H15ClFN3O2/c1-11-2-7-16(15(21)8-11)24-10-13(9-17(24)25)19-22-18(23-26-19)12-3-5-14(20)6-4-12/h2-8,13H,9-10H2,1H3. The van der Waals surface area contributed by atoms with Crippen LogP contribution in [0, 0.1) is 12.7 Å². The van der Waals surface area contributed by atoms with E-state index in [0.29, 0.717) is 23.3 Å². The quantitative estimate of drug-likeness (QED) is 0.686. The van der Waals surface area contributed by atoms with Crippen LogP contribution >= 0.6 is 11.6 Å². The molecule has 3 aromatic rings. The number of amides is 1. The van der Waals surface area contributed by atoms with E-state index in [-0.39, 0.29) is 23.9 Å². The van der Waals surface area contributed by atoms with Gasteiger partial charge in [-0.3, -0.25) is 4.79 Å². The minimum absolute atomic E-state index is 0.163. The van der Waals surface area contributed by atoms with Gasteiger partial charge in [0.05, 0.1) is 11.6 Å². The van der Waals surface area contributed by atoms with Crippen LogP contribution in [-0.4, -0.2) is 22.6 Å². The number of carbonyl (C=O) groups is 1. The zero-order chi connectivity index (χ0) is 18.3. The van der Waals surface area contributed by atoms with Crippen LogP contribution in [0.4, 0.5) is 10.1 Å². The van der Waals surface area contributed by atoms with Crippen molar-refractivity contribution in [1.29, 1.82) is 0 Å². The number of halogens is 2. The van der Waals surface area contributed by atoms with Gasteiger partial charge in [-0.15, -0.1) is 0 Å². The third-order valence-electron chi connectivity index (χ3n) is 4.41. The minimum atomic E-state index is -0.411. The summed E-state index contributed by atoms with van der Waals surface area (Å²) in [5.41, 5.74) is 1.86. The fourth-order valence-electron chi connectivity index (χ4n) is 3.05. The zero-order valence-corrected chi connectivity index (χ0v) is 14.7. The molecule has 0 bridgehead atoms. The van der Waals surface area contributed by atoms with Crippen LogP contribution in [0.25, 0.3) is 11.4 Å². The smallest absolute Gasteiger partial charge is 0.232 e. The van der Waals surface area contributed by atoms with Crippen molar-refractivity contribution in [2.75, 3.05) is 11.4 Å². The van der Waals surface area contributed by atoms with E-state index in [9.17, 15) is 9.18 Å². The Balaban J connectivity index is 1.56. The number of hydrogen-bond donors (Lipinski definition) is 0. The van der Waals surface area contributed by atoms with Crippen molar-refractivity contribution < 1.29 is 13.7 Å². The third-order valence-corrected chi connectivity index (χ3v) is 4.66. The summed E-state index contributed by atoms with van der Waals surface area (Å²) in [6.07, 6.45) is 0.204. The molecule has 1 amide bonds. The fourth-order valence-corrected chi connectivity index (χ4v) is 3.18. The lowest BCUT2D eigenvalue weighted by molar-refractivity contribution is -0.117. The van der Waals surface area contributed by atoms with Crippen molar-refractivity contribution in [2.45, 2.75) is 19.3 Å². The SMILES string of the molecule is Cc1ccc(N2CC(c3nc(-c4ccc(Cl)cc4)no3)CC2=O)c(F)c1. The van der Waals surface area contributed by atoms with Crippen molar-refractivity contribution in [3.05, 3.63) is 64.8 Å². The fraction of sp³-hybridized carbons (Fsp3) is 0.211. The van der Waals surface area contributed by atoms with Crippen LogP contribution < -0.4 is 4.90 Å². The number of nitrogens with zero attached hydrogens (tertiary/aromatic N) is 3. The molecular weight excluding hydrogens is 357 g/mol. The Morgan fingerprint density at radius 2 is 2.00 bits per heavy atom. The molecule has 0 spiro atoms. The van der Waals surface area contributed by atoms with Gasteiger partial charge in [0.15, 0.2) is 0 Å². The zero-order valence-electron chi connectivity index (χ0n) is 13.9. The number of anilines is 1. The Bertz CT molecular complexity index is 971. The first kappa shape index (κ1) is 16.7. The van der Waals surface area contributed by atoms with Gasteiger partial charge in [-0.2, -0.15) is 4.98 Å². The maximum Gasteiger partial charge on any atom is 0.232 e. The highest BCUT2D eigenvalue weighted by atomic mass is 35.5. The predicted octanol–water partition coefficient (Wildman–Crippen LogP) is 4.36. The molecule has 1 aliphatic rings. The third kappa shape index (κ3) is 3.08. The summed E-state index contributed by atoms with van der Waals surface area (Å²) in [5, 5.41) is 4.60. The van der Waals surface area contributed by atoms with Gasteiger partial charge in [0, 0.05) is 23.6 Å². The molecule has 1 atom stereocenters. The van der Waals surface area contributed by atoms with Crippen LogP contribution in [0.3, 0.4) is 0 Å². The van der Waals surface area contributed by atoms with Crippen LogP contribution in [0.5, 0.6) is 0 Å². The van der Waals surface area contributed by atoms with Gasteiger partial charge in [-0.05, 0) is 48.9 Å². The van der Waals surface area contributed by atoms with E-state index >= 15 is 0 Å². The number of rotatable bonds is 3. The van der Waals surface area contributed by atoms with E-state index in [1.807, 2.05) is 0 Å². The summed E-state index contributed by atoms with van der Waals surface area (Å²) in [7, 11) is 0. The van der Waals surface area contributed by atoms with Gasteiger partial charge in [0.1, 0.15) is 5.82 Å². The molecular formula is C19H15ClFN3O2. The van der Waals surface area contributed by atoms with Crippen molar-refractivity contribution in [3.8, 4) is 11.4 Å². The summed E-state index contributed by atoms with van der Waals surface area (Å²) in [6, 6.07) is 11.9. The molecule has 0 radical (unpaired) electrons. The van der Waals surface area contributed by atoms with Crippen molar-refractivity contribution in [2.24, 2.45) is 0 Å². The molecule has 1 aliphatic heterocycles. The summed E-state index contributed by atoms with van der Waals surface area (Å²) >= 11 is 5.88. The van der Waals surface area contributed by atoms with Gasteiger partial charge in [-0.25, -0.2) is 4.39 Å². The van der Waals surface area contributed by atoms with Gasteiger partial charge in [-0.1, -0.05) is 22.8 Å². The van der Waals surface area contributed by atoms with E-state index in [2.05, 4.69) is 10.1 Å². The Hall–Kier alpha value is -2.73. The highest BCUT2D eigenvalue weighted by Gasteiger charge is 2.36. The molecule has 26 heavy (non-hydrogen) atoms. The predicted molar refractivity (Wildman–Crippen MR) is 95.6 cm³/mol. The van der Waals surface area contributed by atoms with Gasteiger partial charge in [0.2, 0.25) is 17.6 Å². The lowest BCUT2D eigenvalue weighted by Crippen LogP contribution is -2.25. The van der Waals surface area contributed by atoms with Crippen molar-refractivity contribution >= 4 is 23.2 Å². The number of hydrogen-bond acceptors (Lipinski definition) is 4. The van der Waals surface area contributed by atoms with E-state index in [0.717, 1.165) is 11.1 Å². The number of aromatic nitrogens is 2. The largest absolute Gasteiger partial charge is 0.339 e. The molecule has 4 rings (SSSR count). The Labute approximate surface area is 154 Å². The van der Waals surface area contributed by atoms with E-state index in [1.165, 1.54) is 11.0 Å². The molecule has 7 heteroatoms. The molecule has 1 saturated heterocycles. The first-order valence-corrected chi connectivity index (χ1v) is 8.55. The average molecular weight is 372 g/mol. The maximum absolute atomic E-state index is 14.2. The lowest BCUT2D eigenvalue weighted by Gasteiger charge is -2.17. The normalized spacial score (nSPS) is 17.1. The van der Waals surface area contributed by atoms with Gasteiger partial charge < -0.3 is 9.42 Å². The second kappa shape index (κ2) is 6.53. The second-order valence-electron chi connectivity index (χ2n) is 6.32. The molecule has 2 aromatic carbocycles. The molecule has 132 valence electrons. The first-order valence-electron chi connectivity index (χ1n) is 8.17. The van der Waals surface area contributed by atoms with E-state index in [1.54, 1.807) is 43.3 Å². The van der Waals surface area contributed by atoms with Crippen LogP contribution in [0.1, 0.15) is 23.8 Å². The van der Waals surface area contributed by atoms with Crippen LogP contribution in [0.2, 0.25) is 5.02 Å². The van der Waals surface area contributed by atoms with Crippen molar-refractivity contribution in [3.63, 3.8) is 0 Å². The molecule has 0 saturated carbocycles. The monoisotopic (exact) mass is 371 g/mol. The van der Waals surface area contributed by atoms with Crippen molar-refractivity contribution in [1.82, 2.24) is 10.1 Å². The molecule has 2 heterocycles. The van der Waals surface area contributed by atoms with Crippen LogP contribution in [-0.2, 0) is 4.79 Å². The summed E-state index contributed by atoms with van der Waals surface area (Å²) in [5.74, 6) is -0.0328. The number of aryl methyl sites for hydroxylation is 1. The second-order valence-corrected chi connectivity index (χ2v) is 6.76. The molecule has 5 nitrogen and oxygen atoms in total. The Kier molecular flexibility index (Phi) is 4.20. The molecule has 1 aromatic heterocycles. The summed E-state index contributed by atoms with van der Waals surface area (Å²) in [6.45, 7) is 2.11. The number of carbonyl (C=O) groups excluding carboxylic acids is 1. The highest BCUT2D eigenvalue weighted by Crippen LogP contribution is 2.33. The Morgan fingerprint density at radius 1 is 1.23 bits per heavy atom. The minimum Gasteiger partial charge on any atom is -0.339 e. The molecule has 1 unspecified atom stereocenters. The first-order chi connectivity index (χ1) is 12.5. The molecule has 0 N–H and O–H groups in total. The topological polar surface area (TPSA) is 59.2 Å². The Morgan fingerprint density at radius 3 is 2.73 bits per heavy atom. The van der Waals surface area contributed by atoms with E-state index < -0.39 is 5.82 Å². The molecule has 1 fully saturated rings. The van der Waals surface area contributed by atoms with E-state index in [4.69, 9.17) is 16.1 Å². The molecule has 0 aliphatic carbocycles. The average Bonchev–Trinajstić information content (AvgIpc) is 3.23. The van der Waals surface area contributed by atoms with Gasteiger partial charge in [0.25, 0.3) is 0 Å². The highest BCUT2D eigenvalue weighted by molar-refractivity contribution is 6.30. The summed E-state index contributed by atoms with van der Waals surface area (Å²) in [4.78, 5) is 18.2. The maximum atomic E-state index is 14.2. The van der Waals surface area contributed by atoms with Crippen LogP contribution in [0.15, 0.2) is 47.0 Å².